The first-order chi connectivity index (χ1) is 16.0. The molecule has 0 spiro atoms. The van der Waals surface area contributed by atoms with E-state index in [0.29, 0.717) is 17.0 Å². The van der Waals surface area contributed by atoms with Gasteiger partial charge >= 0.3 is 5.69 Å². The van der Waals surface area contributed by atoms with Gasteiger partial charge in [-0.1, -0.05) is 23.7 Å². The number of nitro groups is 1. The summed E-state index contributed by atoms with van der Waals surface area (Å²) in [4.78, 5) is 25.7. The van der Waals surface area contributed by atoms with Crippen molar-refractivity contribution in [3.63, 3.8) is 0 Å². The molecular formula is C24H22ClN3O5. The van der Waals surface area contributed by atoms with Gasteiger partial charge in [0.05, 0.1) is 18.1 Å². The Morgan fingerprint density at radius 3 is 2.58 bits per heavy atom. The molecule has 33 heavy (non-hydrogen) atoms. The van der Waals surface area contributed by atoms with E-state index in [0.717, 1.165) is 38.4 Å². The van der Waals surface area contributed by atoms with Crippen LogP contribution in [0.1, 0.15) is 15.9 Å². The van der Waals surface area contributed by atoms with Crippen molar-refractivity contribution in [2.45, 2.75) is 6.54 Å². The van der Waals surface area contributed by atoms with Crippen LogP contribution in [0.5, 0.6) is 11.5 Å². The molecule has 0 atom stereocenters. The van der Waals surface area contributed by atoms with Crippen LogP contribution in [0, 0.1) is 10.1 Å². The molecule has 1 N–H and O–H groups in total. The van der Waals surface area contributed by atoms with Gasteiger partial charge in [0, 0.05) is 42.0 Å². The van der Waals surface area contributed by atoms with Crippen LogP contribution in [0.4, 0.5) is 11.4 Å². The molecule has 0 unspecified atom stereocenters. The number of carbonyl (C=O) groups is 1. The number of nitrogens with zero attached hydrogens (tertiary/aromatic N) is 2. The van der Waals surface area contributed by atoms with Gasteiger partial charge in [-0.15, -0.1) is 0 Å². The highest BCUT2D eigenvalue weighted by Crippen LogP contribution is 2.33. The molecule has 0 aromatic heterocycles. The molecule has 3 aromatic rings. The maximum atomic E-state index is 12.7. The van der Waals surface area contributed by atoms with Gasteiger partial charge in [0.15, 0.2) is 0 Å². The number of nitro benzene ring substituents is 1. The summed E-state index contributed by atoms with van der Waals surface area (Å²) in [6, 6.07) is 18.3. The molecule has 0 aliphatic carbocycles. The fourth-order valence-corrected chi connectivity index (χ4v) is 3.66. The monoisotopic (exact) mass is 467 g/mol. The number of nitrogens with one attached hydrogen (secondary N) is 1. The molecule has 1 heterocycles. The normalized spacial score (nSPS) is 14.0. The first-order valence-corrected chi connectivity index (χ1v) is 10.8. The van der Waals surface area contributed by atoms with Crippen LogP contribution in [-0.2, 0) is 11.3 Å². The average molecular weight is 468 g/mol. The second-order valence-electron chi connectivity index (χ2n) is 7.54. The minimum Gasteiger partial charge on any atom is -0.450 e. The highest BCUT2D eigenvalue weighted by molar-refractivity contribution is 6.30. The molecule has 4 rings (SSSR count). The van der Waals surface area contributed by atoms with Gasteiger partial charge in [0.25, 0.3) is 5.91 Å². The van der Waals surface area contributed by atoms with Crippen LogP contribution < -0.4 is 10.1 Å². The van der Waals surface area contributed by atoms with Crippen LogP contribution >= 0.6 is 11.6 Å². The lowest BCUT2D eigenvalue weighted by Crippen LogP contribution is -2.35. The van der Waals surface area contributed by atoms with E-state index in [1.165, 1.54) is 18.2 Å². The van der Waals surface area contributed by atoms with E-state index in [1.54, 1.807) is 24.3 Å². The predicted octanol–water partition coefficient (Wildman–Crippen LogP) is 5.13. The highest BCUT2D eigenvalue weighted by Gasteiger charge is 2.17. The van der Waals surface area contributed by atoms with Gasteiger partial charge in [0.2, 0.25) is 5.75 Å². The lowest BCUT2D eigenvalue weighted by molar-refractivity contribution is -0.385. The summed E-state index contributed by atoms with van der Waals surface area (Å²) in [7, 11) is 0. The zero-order valence-corrected chi connectivity index (χ0v) is 18.5. The van der Waals surface area contributed by atoms with Gasteiger partial charge < -0.3 is 14.8 Å². The first-order valence-electron chi connectivity index (χ1n) is 10.4. The van der Waals surface area contributed by atoms with Crippen LogP contribution in [0.2, 0.25) is 5.02 Å². The number of carbonyl (C=O) groups excluding carboxylic acids is 1. The average Bonchev–Trinajstić information content (AvgIpc) is 2.81. The minimum atomic E-state index is -0.559. The van der Waals surface area contributed by atoms with E-state index in [1.807, 2.05) is 24.3 Å². The largest absolute Gasteiger partial charge is 0.450 e. The fourth-order valence-electron chi connectivity index (χ4n) is 3.49. The Kier molecular flexibility index (Phi) is 7.19. The Labute approximate surface area is 195 Å². The summed E-state index contributed by atoms with van der Waals surface area (Å²) >= 11 is 5.83. The molecule has 0 bridgehead atoms. The molecule has 1 saturated heterocycles. The number of ether oxygens (including phenoxy) is 2. The molecule has 1 amide bonds. The Hall–Kier alpha value is -3.46. The SMILES string of the molecule is O=C(Nc1cccc(CN2CCOCC2)c1)c1ccc(Oc2ccc(Cl)cc2[N+](=O)[O-])cc1. The third-order valence-corrected chi connectivity index (χ3v) is 5.39. The Morgan fingerprint density at radius 1 is 1.09 bits per heavy atom. The summed E-state index contributed by atoms with van der Waals surface area (Å²) in [5.74, 6) is 0.172. The Balaban J connectivity index is 1.40. The molecular weight excluding hydrogens is 446 g/mol. The summed E-state index contributed by atoms with van der Waals surface area (Å²) in [6.45, 7) is 4.06. The standard InChI is InChI=1S/C24H22ClN3O5/c25-19-6-9-23(22(15-19)28(30)31)33-21-7-4-18(5-8-21)24(29)26-20-3-1-2-17(14-20)16-27-10-12-32-13-11-27/h1-9,14-15H,10-13,16H2,(H,26,29). The Bertz CT molecular complexity index is 1150. The number of hydrogen-bond acceptors (Lipinski definition) is 6. The van der Waals surface area contributed by atoms with Gasteiger partial charge in [-0.25, -0.2) is 0 Å². The molecule has 3 aromatic carbocycles. The minimum absolute atomic E-state index is 0.0682. The smallest absolute Gasteiger partial charge is 0.313 e. The third-order valence-electron chi connectivity index (χ3n) is 5.16. The van der Waals surface area contributed by atoms with Crippen molar-refractivity contribution in [2.24, 2.45) is 0 Å². The molecule has 170 valence electrons. The molecule has 9 heteroatoms. The molecule has 1 fully saturated rings. The van der Waals surface area contributed by atoms with Crippen molar-refractivity contribution >= 4 is 28.9 Å². The van der Waals surface area contributed by atoms with Gasteiger partial charge in [-0.05, 0) is 54.1 Å². The second kappa shape index (κ2) is 10.4. The molecule has 1 aliphatic rings. The first kappa shape index (κ1) is 22.7. The lowest BCUT2D eigenvalue weighted by atomic mass is 10.1. The number of hydrogen-bond donors (Lipinski definition) is 1. The molecule has 8 nitrogen and oxygen atoms in total. The highest BCUT2D eigenvalue weighted by atomic mass is 35.5. The van der Waals surface area contributed by atoms with Crippen LogP contribution in [0.3, 0.4) is 0 Å². The zero-order valence-electron chi connectivity index (χ0n) is 17.7. The van der Waals surface area contributed by atoms with E-state index < -0.39 is 4.92 Å². The summed E-state index contributed by atoms with van der Waals surface area (Å²) < 4.78 is 11.0. The predicted molar refractivity (Wildman–Crippen MR) is 125 cm³/mol. The van der Waals surface area contributed by atoms with Crippen LogP contribution in [0.25, 0.3) is 0 Å². The van der Waals surface area contributed by atoms with Crippen LogP contribution in [-0.4, -0.2) is 42.0 Å². The van der Waals surface area contributed by atoms with E-state index in [9.17, 15) is 14.9 Å². The number of morpholine rings is 1. The lowest BCUT2D eigenvalue weighted by Gasteiger charge is -2.26. The van der Waals surface area contributed by atoms with Crippen molar-refractivity contribution in [2.75, 3.05) is 31.6 Å². The van der Waals surface area contributed by atoms with E-state index in [-0.39, 0.29) is 22.4 Å². The molecule has 0 saturated carbocycles. The summed E-state index contributed by atoms with van der Waals surface area (Å²) in [6.07, 6.45) is 0. The maximum Gasteiger partial charge on any atom is 0.313 e. The third kappa shape index (κ3) is 6.07. The van der Waals surface area contributed by atoms with Crippen LogP contribution in [0.15, 0.2) is 66.7 Å². The number of rotatable bonds is 7. The number of amides is 1. The second-order valence-corrected chi connectivity index (χ2v) is 7.98. The van der Waals surface area contributed by atoms with Crippen molar-refractivity contribution in [1.82, 2.24) is 4.90 Å². The van der Waals surface area contributed by atoms with Gasteiger partial charge in [0.1, 0.15) is 5.75 Å². The van der Waals surface area contributed by atoms with Crippen molar-refractivity contribution in [3.8, 4) is 11.5 Å². The Morgan fingerprint density at radius 2 is 1.85 bits per heavy atom. The number of benzene rings is 3. The summed E-state index contributed by atoms with van der Waals surface area (Å²) in [5, 5.41) is 14.4. The van der Waals surface area contributed by atoms with Crippen molar-refractivity contribution < 1.29 is 19.2 Å². The van der Waals surface area contributed by atoms with E-state index in [4.69, 9.17) is 21.1 Å². The fraction of sp³-hybridized carbons (Fsp3) is 0.208. The summed E-state index contributed by atoms with van der Waals surface area (Å²) in [5.41, 5.74) is 2.03. The quantitative estimate of drug-likeness (QED) is 0.382. The van der Waals surface area contributed by atoms with Crippen molar-refractivity contribution in [3.05, 3.63) is 93.0 Å². The van der Waals surface area contributed by atoms with Gasteiger partial charge in [-0.3, -0.25) is 19.8 Å². The topological polar surface area (TPSA) is 93.9 Å². The van der Waals surface area contributed by atoms with E-state index in [2.05, 4.69) is 10.2 Å². The molecule has 0 radical (unpaired) electrons. The number of halogens is 1. The zero-order chi connectivity index (χ0) is 23.2. The van der Waals surface area contributed by atoms with Gasteiger partial charge in [-0.2, -0.15) is 0 Å². The number of anilines is 1. The molecule has 1 aliphatic heterocycles. The van der Waals surface area contributed by atoms with E-state index >= 15 is 0 Å². The maximum absolute atomic E-state index is 12.7. The van der Waals surface area contributed by atoms with Crippen molar-refractivity contribution in [1.29, 1.82) is 0 Å².